The molecule has 4 heteroatoms. The number of hydrogen-bond donors (Lipinski definition) is 0. The van der Waals surface area contributed by atoms with Gasteiger partial charge in [-0.25, -0.2) is 9.59 Å². The number of ether oxygens (including phenoxy) is 2. The highest BCUT2D eigenvalue weighted by Gasteiger charge is 2.02. The first-order chi connectivity index (χ1) is 23.0. The summed E-state index contributed by atoms with van der Waals surface area (Å²) in [6.07, 6.45) is 44.7. The number of unbranched alkanes of at least 4 members (excludes halogenated alkanes) is 30. The summed E-state index contributed by atoms with van der Waals surface area (Å²) in [5.74, 6) is -0.554. The van der Waals surface area contributed by atoms with Crippen molar-refractivity contribution < 1.29 is 19.1 Å². The van der Waals surface area contributed by atoms with Gasteiger partial charge in [0.25, 0.3) is 0 Å². The number of esters is 2. The lowest BCUT2D eigenvalue weighted by atomic mass is 10.0. The zero-order valence-corrected chi connectivity index (χ0v) is 32.2. The van der Waals surface area contributed by atoms with E-state index in [1.807, 2.05) is 0 Å². The maximum Gasteiger partial charge on any atom is 0.333 e. The highest BCUT2D eigenvalue weighted by molar-refractivity contribution is 5.86. The monoisotopic (exact) mass is 663 g/mol. The zero-order valence-electron chi connectivity index (χ0n) is 32.2. The average molecular weight is 663 g/mol. The van der Waals surface area contributed by atoms with E-state index in [9.17, 15) is 9.59 Å². The fourth-order valence-corrected chi connectivity index (χ4v) is 5.82. The van der Waals surface area contributed by atoms with Crippen molar-refractivity contribution >= 4 is 11.9 Å². The third-order valence-corrected chi connectivity index (χ3v) is 8.99. The Morgan fingerprint density at radius 2 is 0.660 bits per heavy atom. The summed E-state index contributed by atoms with van der Waals surface area (Å²) in [7, 11) is 0. The third kappa shape index (κ3) is 44.4. The number of rotatable bonds is 36. The van der Waals surface area contributed by atoms with Crippen LogP contribution >= 0.6 is 0 Å². The molecule has 0 rings (SSSR count). The van der Waals surface area contributed by atoms with Crippen LogP contribution in [0.3, 0.4) is 0 Å². The van der Waals surface area contributed by atoms with Crippen LogP contribution in [0.1, 0.15) is 226 Å². The molecule has 0 atom stereocenters. The summed E-state index contributed by atoms with van der Waals surface area (Å²) in [5.41, 5.74) is 0.492. The number of carbonyl (C=O) groups is 2. The van der Waals surface area contributed by atoms with Gasteiger partial charge in [-0.15, -0.1) is 0 Å². The summed E-state index contributed by atoms with van der Waals surface area (Å²) in [6, 6.07) is 0. The molecule has 0 saturated heterocycles. The largest absolute Gasteiger partial charge is 0.463 e. The normalized spacial score (nSPS) is 10.7. The molecule has 0 amide bonds. The Bertz CT molecular complexity index is 671. The maximum atomic E-state index is 11.2. The molecule has 47 heavy (non-hydrogen) atoms. The second kappa shape index (κ2) is 42.4. The molecule has 0 fully saturated rings. The average Bonchev–Trinajstić information content (AvgIpc) is 3.07. The van der Waals surface area contributed by atoms with E-state index in [1.54, 1.807) is 6.92 Å². The molecule has 0 aromatic heterocycles. The van der Waals surface area contributed by atoms with Crippen LogP contribution in [0.4, 0.5) is 0 Å². The van der Waals surface area contributed by atoms with Crippen molar-refractivity contribution in [2.45, 2.75) is 226 Å². The first-order valence-electron chi connectivity index (χ1n) is 20.6. The Hall–Kier alpha value is -1.58. The Kier molecular flexibility index (Phi) is 42.9. The minimum atomic E-state index is -0.300. The van der Waals surface area contributed by atoms with E-state index < -0.39 is 0 Å². The summed E-state index contributed by atoms with van der Waals surface area (Å²) < 4.78 is 10.0. The van der Waals surface area contributed by atoms with Crippen molar-refractivity contribution in [2.24, 2.45) is 0 Å². The summed E-state index contributed by atoms with van der Waals surface area (Å²) in [5, 5.41) is 0. The van der Waals surface area contributed by atoms with Gasteiger partial charge in [-0.3, -0.25) is 0 Å². The molecule has 0 aromatic carbocycles. The van der Waals surface area contributed by atoms with E-state index >= 15 is 0 Å². The molecule has 278 valence electrons. The molecule has 0 aliphatic heterocycles. The molecule has 0 aliphatic carbocycles. The zero-order chi connectivity index (χ0) is 34.9. The van der Waals surface area contributed by atoms with E-state index in [-0.39, 0.29) is 11.9 Å². The van der Waals surface area contributed by atoms with E-state index in [0.29, 0.717) is 18.8 Å². The van der Waals surface area contributed by atoms with Gasteiger partial charge >= 0.3 is 11.9 Å². The number of carbonyl (C=O) groups excluding carboxylic acids is 2. The molecule has 0 unspecified atom stereocenters. The second-order valence-electron chi connectivity index (χ2n) is 13.9. The number of hydrogen-bond acceptors (Lipinski definition) is 4. The smallest absolute Gasteiger partial charge is 0.333 e. The molecular weight excluding hydrogens is 580 g/mol. The van der Waals surface area contributed by atoms with Crippen LogP contribution in [-0.2, 0) is 19.1 Å². The Labute approximate surface area is 294 Å². The minimum Gasteiger partial charge on any atom is -0.463 e. The van der Waals surface area contributed by atoms with Crippen LogP contribution in [0.15, 0.2) is 24.8 Å². The van der Waals surface area contributed by atoms with Gasteiger partial charge in [0.2, 0.25) is 0 Å². The van der Waals surface area contributed by atoms with Gasteiger partial charge in [0.1, 0.15) is 0 Å². The summed E-state index contributed by atoms with van der Waals surface area (Å²) in [4.78, 5) is 22.0. The first kappa shape index (κ1) is 47.5. The van der Waals surface area contributed by atoms with E-state index in [2.05, 4.69) is 27.0 Å². The molecule has 0 bridgehead atoms. The van der Waals surface area contributed by atoms with Crippen molar-refractivity contribution in [3.63, 3.8) is 0 Å². The van der Waals surface area contributed by atoms with Crippen LogP contribution in [0, 0.1) is 0 Å². The molecule has 0 spiro atoms. The lowest BCUT2D eigenvalue weighted by Crippen LogP contribution is -2.05. The van der Waals surface area contributed by atoms with E-state index in [1.165, 1.54) is 199 Å². The highest BCUT2D eigenvalue weighted by atomic mass is 16.5. The fraction of sp³-hybridized carbons (Fsp3) is 0.860. The van der Waals surface area contributed by atoms with Gasteiger partial charge in [-0.05, 0) is 19.8 Å². The first-order valence-corrected chi connectivity index (χ1v) is 20.6. The highest BCUT2D eigenvalue weighted by Crippen LogP contribution is 2.15. The molecule has 4 nitrogen and oxygen atoms in total. The van der Waals surface area contributed by atoms with Gasteiger partial charge in [0.05, 0.1) is 13.2 Å². The summed E-state index contributed by atoms with van der Waals surface area (Å²) >= 11 is 0. The van der Waals surface area contributed by atoms with Gasteiger partial charge in [-0.1, -0.05) is 220 Å². The standard InChI is InChI=1S/C22H42O2.C21H40O2/c1-4-5-6-7-8-9-10-11-12-13-14-15-16-17-18-19-20-24-22(23)21(2)3;1-3-5-6-7-8-9-10-11-12-13-14-15-16-17-18-19-20-23-21(22)4-2/h2,4-20H2,1,3H3;4H,2-3,5-20H2,1H3. The molecule has 0 heterocycles. The van der Waals surface area contributed by atoms with Gasteiger partial charge in [0.15, 0.2) is 0 Å². The predicted molar refractivity (Wildman–Crippen MR) is 206 cm³/mol. The van der Waals surface area contributed by atoms with Crippen molar-refractivity contribution in [3.8, 4) is 0 Å². The second-order valence-corrected chi connectivity index (χ2v) is 13.9. The Balaban J connectivity index is 0. The van der Waals surface area contributed by atoms with Crippen molar-refractivity contribution in [2.75, 3.05) is 13.2 Å². The van der Waals surface area contributed by atoms with Crippen LogP contribution in [0.2, 0.25) is 0 Å². The fourth-order valence-electron chi connectivity index (χ4n) is 5.82. The molecule has 0 N–H and O–H groups in total. The van der Waals surface area contributed by atoms with Gasteiger partial charge < -0.3 is 9.47 Å². The molecule has 0 radical (unpaired) electrons. The minimum absolute atomic E-state index is 0.254. The van der Waals surface area contributed by atoms with Crippen LogP contribution in [0.25, 0.3) is 0 Å². The van der Waals surface area contributed by atoms with Crippen molar-refractivity contribution in [1.29, 1.82) is 0 Å². The van der Waals surface area contributed by atoms with Crippen LogP contribution in [-0.4, -0.2) is 25.2 Å². The Morgan fingerprint density at radius 1 is 0.426 bits per heavy atom. The van der Waals surface area contributed by atoms with Crippen LogP contribution in [0.5, 0.6) is 0 Å². The third-order valence-electron chi connectivity index (χ3n) is 8.99. The van der Waals surface area contributed by atoms with E-state index in [4.69, 9.17) is 9.47 Å². The lowest BCUT2D eigenvalue weighted by Gasteiger charge is -2.05. The quantitative estimate of drug-likeness (QED) is 0.0380. The molecule has 0 aromatic rings. The molecule has 0 saturated carbocycles. The van der Waals surface area contributed by atoms with Gasteiger partial charge in [0, 0.05) is 11.6 Å². The maximum absolute atomic E-state index is 11.2. The SMILES string of the molecule is C=C(C)C(=O)OCCCCCCCCCCCCCCCCCC.C=CC(=O)OCCCCCCCCCCCCCCCCCC. The lowest BCUT2D eigenvalue weighted by molar-refractivity contribution is -0.139. The Morgan fingerprint density at radius 3 is 0.894 bits per heavy atom. The topological polar surface area (TPSA) is 52.6 Å². The van der Waals surface area contributed by atoms with Crippen molar-refractivity contribution in [1.82, 2.24) is 0 Å². The summed E-state index contributed by atoms with van der Waals surface area (Å²) in [6.45, 7) is 14.3. The van der Waals surface area contributed by atoms with Crippen molar-refractivity contribution in [3.05, 3.63) is 24.8 Å². The van der Waals surface area contributed by atoms with Gasteiger partial charge in [-0.2, -0.15) is 0 Å². The predicted octanol–water partition coefficient (Wildman–Crippen LogP) is 14.3. The molecule has 0 aliphatic rings. The molecular formula is C43H82O4. The van der Waals surface area contributed by atoms with Crippen LogP contribution < -0.4 is 0 Å². The van der Waals surface area contributed by atoms with E-state index in [0.717, 1.165) is 12.8 Å².